The number of ether oxygens (including phenoxy) is 3. The van der Waals surface area contributed by atoms with Crippen molar-refractivity contribution in [2.24, 2.45) is 0 Å². The highest BCUT2D eigenvalue weighted by atomic mass is 79.9. The Morgan fingerprint density at radius 3 is 2.30 bits per heavy atom. The number of benzene rings is 2. The summed E-state index contributed by atoms with van der Waals surface area (Å²) in [6.07, 6.45) is 1.61. The number of fused-ring (bicyclic) bond motifs is 1. The molecule has 0 bridgehead atoms. The molecule has 5 rings (SSSR count). The molecular formula is C27H25BrN4O5. The Morgan fingerprint density at radius 1 is 1.03 bits per heavy atom. The van der Waals surface area contributed by atoms with E-state index in [1.165, 1.54) is 6.33 Å². The van der Waals surface area contributed by atoms with E-state index in [9.17, 15) is 9.59 Å². The summed E-state index contributed by atoms with van der Waals surface area (Å²) >= 11 is 3.51. The number of carbonyl (C=O) groups is 2. The van der Waals surface area contributed by atoms with Gasteiger partial charge in [0, 0.05) is 17.1 Å². The van der Waals surface area contributed by atoms with Crippen molar-refractivity contribution < 1.29 is 23.8 Å². The summed E-state index contributed by atoms with van der Waals surface area (Å²) in [6.45, 7) is 3.79. The fourth-order valence-corrected chi connectivity index (χ4v) is 4.85. The number of nitrogen functional groups attached to an aromatic ring is 1. The summed E-state index contributed by atoms with van der Waals surface area (Å²) < 4.78 is 20.2. The van der Waals surface area contributed by atoms with Crippen molar-refractivity contribution in [3.8, 4) is 0 Å². The van der Waals surface area contributed by atoms with Gasteiger partial charge in [0.15, 0.2) is 0 Å². The highest BCUT2D eigenvalue weighted by molar-refractivity contribution is 9.10. The first kappa shape index (κ1) is 24.9. The fraction of sp³-hybridized carbons (Fsp3) is 0.259. The van der Waals surface area contributed by atoms with Crippen LogP contribution in [-0.2, 0) is 14.2 Å². The first-order valence-electron chi connectivity index (χ1n) is 11.7. The second-order valence-corrected chi connectivity index (χ2v) is 9.84. The molecule has 190 valence electrons. The molecular weight excluding hydrogens is 540 g/mol. The molecule has 10 heteroatoms. The normalized spacial score (nSPS) is 19.2. The number of hydrogen-bond acceptors (Lipinski definition) is 8. The third kappa shape index (κ3) is 5.21. The topological polar surface area (TPSA) is 119 Å². The molecule has 4 aromatic rings. The van der Waals surface area contributed by atoms with Crippen molar-refractivity contribution in [2.75, 3.05) is 12.3 Å². The van der Waals surface area contributed by atoms with Crippen LogP contribution >= 0.6 is 15.9 Å². The van der Waals surface area contributed by atoms with Crippen molar-refractivity contribution in [1.82, 2.24) is 14.5 Å². The molecule has 2 N–H and O–H groups in total. The largest absolute Gasteiger partial charge is 0.459 e. The number of halogens is 1. The van der Waals surface area contributed by atoms with Crippen LogP contribution in [0.5, 0.6) is 0 Å². The lowest BCUT2D eigenvalue weighted by Gasteiger charge is -2.19. The van der Waals surface area contributed by atoms with Crippen molar-refractivity contribution in [3.63, 3.8) is 0 Å². The van der Waals surface area contributed by atoms with Crippen LogP contribution in [0.3, 0.4) is 0 Å². The third-order valence-corrected chi connectivity index (χ3v) is 6.90. The molecule has 2 aromatic carbocycles. The first-order valence-corrected chi connectivity index (χ1v) is 12.5. The Hall–Kier alpha value is -3.76. The Morgan fingerprint density at radius 2 is 1.65 bits per heavy atom. The van der Waals surface area contributed by atoms with Crippen LogP contribution in [-0.4, -0.2) is 45.3 Å². The molecule has 1 saturated heterocycles. The van der Waals surface area contributed by atoms with E-state index in [1.54, 1.807) is 30.5 Å². The fourth-order valence-electron chi connectivity index (χ4n) is 4.25. The highest BCUT2D eigenvalue weighted by Crippen LogP contribution is 2.37. The van der Waals surface area contributed by atoms with E-state index in [-0.39, 0.29) is 6.61 Å². The number of esters is 2. The van der Waals surface area contributed by atoms with Crippen LogP contribution in [0.1, 0.15) is 44.5 Å². The van der Waals surface area contributed by atoms with Gasteiger partial charge in [-0.1, -0.05) is 35.4 Å². The zero-order chi connectivity index (χ0) is 26.1. The summed E-state index contributed by atoms with van der Waals surface area (Å²) in [5.41, 5.74) is 9.56. The zero-order valence-electron chi connectivity index (χ0n) is 20.3. The van der Waals surface area contributed by atoms with E-state index >= 15 is 0 Å². The third-order valence-electron chi connectivity index (χ3n) is 6.29. The molecule has 0 spiro atoms. The maximum atomic E-state index is 12.9. The van der Waals surface area contributed by atoms with E-state index in [0.717, 1.165) is 11.1 Å². The van der Waals surface area contributed by atoms with Gasteiger partial charge in [-0.3, -0.25) is 0 Å². The summed E-state index contributed by atoms with van der Waals surface area (Å²) in [6, 6.07) is 14.2. The Kier molecular flexibility index (Phi) is 6.94. The van der Waals surface area contributed by atoms with Gasteiger partial charge in [-0.25, -0.2) is 19.6 Å². The molecule has 0 aliphatic carbocycles. The SMILES string of the molecule is Cc1ccc(C(=O)OC[C@H]2O[C@@H](n3cc(Br)c4c(N)ncnc43)C[C@@H]2OC(=O)c2ccc(C)cc2)cc1. The van der Waals surface area contributed by atoms with Gasteiger partial charge in [0.1, 0.15) is 42.8 Å². The first-order chi connectivity index (χ1) is 17.8. The van der Waals surface area contributed by atoms with Crippen molar-refractivity contribution >= 4 is 44.7 Å². The molecule has 3 heterocycles. The summed E-state index contributed by atoms with van der Waals surface area (Å²) in [5.74, 6) is -0.626. The van der Waals surface area contributed by atoms with Crippen molar-refractivity contribution in [3.05, 3.63) is 87.8 Å². The van der Waals surface area contributed by atoms with Gasteiger partial charge in [0.2, 0.25) is 0 Å². The maximum Gasteiger partial charge on any atom is 0.338 e. The average molecular weight is 565 g/mol. The second-order valence-electron chi connectivity index (χ2n) is 8.98. The summed E-state index contributed by atoms with van der Waals surface area (Å²) in [7, 11) is 0. The highest BCUT2D eigenvalue weighted by Gasteiger charge is 2.40. The van der Waals surface area contributed by atoms with Crippen LogP contribution in [0.4, 0.5) is 5.82 Å². The molecule has 37 heavy (non-hydrogen) atoms. The molecule has 0 saturated carbocycles. The van der Waals surface area contributed by atoms with Crippen LogP contribution in [0.2, 0.25) is 0 Å². The number of nitrogens with two attached hydrogens (primary N) is 1. The van der Waals surface area contributed by atoms with E-state index < -0.39 is 30.4 Å². The lowest BCUT2D eigenvalue weighted by atomic mass is 10.1. The Balaban J connectivity index is 1.38. The Labute approximate surface area is 221 Å². The molecule has 1 aliphatic rings. The molecule has 0 amide bonds. The molecule has 0 unspecified atom stereocenters. The number of aryl methyl sites for hydroxylation is 2. The van der Waals surface area contributed by atoms with Crippen LogP contribution in [0.25, 0.3) is 11.0 Å². The van der Waals surface area contributed by atoms with Gasteiger partial charge < -0.3 is 24.5 Å². The number of nitrogens with zero attached hydrogens (tertiary/aromatic N) is 3. The predicted molar refractivity (Wildman–Crippen MR) is 140 cm³/mol. The number of rotatable bonds is 6. The molecule has 1 aliphatic heterocycles. The minimum atomic E-state index is -0.691. The summed E-state index contributed by atoms with van der Waals surface area (Å²) in [4.78, 5) is 34.0. The van der Waals surface area contributed by atoms with Gasteiger partial charge in [-0.05, 0) is 54.0 Å². The molecule has 1 fully saturated rings. The van der Waals surface area contributed by atoms with Crippen LogP contribution in [0.15, 0.2) is 65.5 Å². The standard InChI is InChI=1S/C27H25BrN4O5/c1-15-3-7-17(8-4-15)26(33)35-13-21-20(37-27(34)18-9-5-16(2)6-10-18)11-22(36-21)32-12-19(28)23-24(29)30-14-31-25(23)32/h3-10,12,14,20-22H,11,13H2,1-2H3,(H2,29,30,31)/t20-,21+,22+/m0/s1. The van der Waals surface area contributed by atoms with Gasteiger partial charge in [-0.15, -0.1) is 0 Å². The second kappa shape index (κ2) is 10.3. The molecule has 2 aromatic heterocycles. The number of aromatic nitrogens is 3. The number of anilines is 1. The lowest BCUT2D eigenvalue weighted by Crippen LogP contribution is -2.32. The van der Waals surface area contributed by atoms with Crippen molar-refractivity contribution in [2.45, 2.75) is 38.7 Å². The minimum absolute atomic E-state index is 0.0907. The average Bonchev–Trinajstić information content (AvgIpc) is 3.44. The number of hydrogen-bond donors (Lipinski definition) is 1. The van der Waals surface area contributed by atoms with Crippen molar-refractivity contribution in [1.29, 1.82) is 0 Å². The zero-order valence-corrected chi connectivity index (χ0v) is 21.8. The monoisotopic (exact) mass is 564 g/mol. The predicted octanol–water partition coefficient (Wildman–Crippen LogP) is 4.76. The van der Waals surface area contributed by atoms with Crippen LogP contribution < -0.4 is 5.73 Å². The minimum Gasteiger partial charge on any atom is -0.459 e. The molecule has 9 nitrogen and oxygen atoms in total. The Bertz CT molecular complexity index is 1450. The molecule has 0 radical (unpaired) electrons. The van der Waals surface area contributed by atoms with Gasteiger partial charge in [-0.2, -0.15) is 0 Å². The quantitative estimate of drug-likeness (QED) is 0.333. The van der Waals surface area contributed by atoms with E-state index in [0.29, 0.717) is 38.9 Å². The van der Waals surface area contributed by atoms with E-state index in [1.807, 2.05) is 42.7 Å². The van der Waals surface area contributed by atoms with Crippen LogP contribution in [0, 0.1) is 13.8 Å². The van der Waals surface area contributed by atoms with Gasteiger partial charge >= 0.3 is 11.9 Å². The number of carbonyl (C=O) groups excluding carboxylic acids is 2. The lowest BCUT2D eigenvalue weighted by molar-refractivity contribution is -0.0562. The maximum absolute atomic E-state index is 12.9. The van der Waals surface area contributed by atoms with Gasteiger partial charge in [0.05, 0.1) is 16.5 Å². The van der Waals surface area contributed by atoms with Gasteiger partial charge in [0.25, 0.3) is 0 Å². The smallest absolute Gasteiger partial charge is 0.338 e. The van der Waals surface area contributed by atoms with E-state index in [2.05, 4.69) is 25.9 Å². The molecule has 3 atom stereocenters. The van der Waals surface area contributed by atoms with E-state index in [4.69, 9.17) is 19.9 Å². The summed E-state index contributed by atoms with van der Waals surface area (Å²) in [5, 5.41) is 0.661.